The normalized spacial score (nSPS) is 19.7. The van der Waals surface area contributed by atoms with Crippen molar-refractivity contribution in [3.05, 3.63) is 208 Å². The second-order valence-corrected chi connectivity index (χ2v) is 14.1. The first kappa shape index (κ1) is 29.0. The minimum absolute atomic E-state index is 0.331. The van der Waals surface area contributed by atoms with E-state index in [0.717, 1.165) is 17.1 Å². The molecule has 0 bridgehead atoms. The Morgan fingerprint density at radius 1 is 0.540 bits per heavy atom. The minimum atomic E-state index is -0.374. The summed E-state index contributed by atoms with van der Waals surface area (Å²) in [6.45, 7) is 6.78. The van der Waals surface area contributed by atoms with Gasteiger partial charge < -0.3 is 4.74 Å². The first-order valence-corrected chi connectivity index (χ1v) is 17.6. The highest BCUT2D eigenvalue weighted by Gasteiger charge is 2.52. The van der Waals surface area contributed by atoms with Gasteiger partial charge in [0.2, 0.25) is 0 Å². The maximum absolute atomic E-state index is 6.69. The van der Waals surface area contributed by atoms with Crippen LogP contribution < -0.4 is 4.74 Å². The molecule has 1 aliphatic heterocycles. The van der Waals surface area contributed by atoms with Crippen molar-refractivity contribution in [1.29, 1.82) is 0 Å². The van der Waals surface area contributed by atoms with Gasteiger partial charge in [-0.1, -0.05) is 146 Å². The van der Waals surface area contributed by atoms with Gasteiger partial charge in [-0.15, -0.1) is 0 Å². The Morgan fingerprint density at radius 3 is 2.02 bits per heavy atom. The van der Waals surface area contributed by atoms with Gasteiger partial charge in [0, 0.05) is 16.5 Å². The number of benzene rings is 7. The lowest BCUT2D eigenvalue weighted by atomic mass is 9.69. The van der Waals surface area contributed by atoms with E-state index in [1.807, 2.05) is 0 Å². The maximum atomic E-state index is 6.69. The smallest absolute Gasteiger partial charge is 0.132 e. The lowest BCUT2D eigenvalue weighted by molar-refractivity contribution is 0.427. The zero-order chi connectivity index (χ0) is 33.6. The van der Waals surface area contributed by atoms with Crippen LogP contribution >= 0.6 is 0 Å². The van der Waals surface area contributed by atoms with E-state index >= 15 is 0 Å². The van der Waals surface area contributed by atoms with Crippen LogP contribution in [-0.4, -0.2) is 0 Å². The first-order chi connectivity index (χ1) is 24.5. The van der Waals surface area contributed by atoms with Gasteiger partial charge in [-0.25, -0.2) is 0 Å². The van der Waals surface area contributed by atoms with Gasteiger partial charge in [0.25, 0.3) is 0 Å². The maximum Gasteiger partial charge on any atom is 0.132 e. The molecule has 0 fully saturated rings. The number of rotatable bonds is 3. The van der Waals surface area contributed by atoms with Crippen LogP contribution in [0.3, 0.4) is 0 Å². The number of ether oxygens (including phenoxy) is 1. The molecule has 1 heterocycles. The quantitative estimate of drug-likeness (QED) is 0.187. The van der Waals surface area contributed by atoms with Crippen molar-refractivity contribution < 1.29 is 4.74 Å². The highest BCUT2D eigenvalue weighted by atomic mass is 16.5. The van der Waals surface area contributed by atoms with Gasteiger partial charge in [0.05, 0.1) is 5.41 Å². The monoisotopic (exact) mass is 640 g/mol. The SMILES string of the molecule is C/C=C\C1=C(C)c2cc(-c3ccc4c(c3)Oc3ccccc3C4(C)c3ccccc3)ccc2C12c1ccccc1-c1c2ccc2ccccc12. The van der Waals surface area contributed by atoms with Gasteiger partial charge in [0.1, 0.15) is 11.5 Å². The summed E-state index contributed by atoms with van der Waals surface area (Å²) in [7, 11) is 0. The molecule has 2 unspecified atom stereocenters. The minimum Gasteiger partial charge on any atom is -0.457 e. The molecule has 7 aromatic carbocycles. The summed E-state index contributed by atoms with van der Waals surface area (Å²) in [6.07, 6.45) is 4.56. The van der Waals surface area contributed by atoms with Crippen LogP contribution in [0.1, 0.15) is 59.7 Å². The molecule has 0 saturated carbocycles. The van der Waals surface area contributed by atoms with Crippen LogP contribution in [0.2, 0.25) is 0 Å². The van der Waals surface area contributed by atoms with Gasteiger partial charge in [0.15, 0.2) is 0 Å². The summed E-state index contributed by atoms with van der Waals surface area (Å²) >= 11 is 0. The molecule has 0 saturated heterocycles. The average Bonchev–Trinajstić information content (AvgIpc) is 3.60. The van der Waals surface area contributed by atoms with Crippen LogP contribution in [0, 0.1) is 0 Å². The lowest BCUT2D eigenvalue weighted by Crippen LogP contribution is -2.29. The highest BCUT2D eigenvalue weighted by molar-refractivity contribution is 6.06. The molecule has 10 rings (SSSR count). The van der Waals surface area contributed by atoms with Crippen molar-refractivity contribution in [2.75, 3.05) is 0 Å². The van der Waals surface area contributed by atoms with E-state index < -0.39 is 0 Å². The first-order valence-electron chi connectivity index (χ1n) is 17.6. The predicted octanol–water partition coefficient (Wildman–Crippen LogP) is 12.6. The van der Waals surface area contributed by atoms with Crippen LogP contribution in [0.4, 0.5) is 0 Å². The fraction of sp³-hybridized carbons (Fsp3) is 0.102. The molecule has 3 aliphatic rings. The molecule has 50 heavy (non-hydrogen) atoms. The standard InChI is InChI=1S/C49H36O/c1-4-14-39-31(2)38-29-33(34-25-27-43-46(30-34)50-45-22-13-12-21-42(45)48(43,3)35-16-6-5-7-17-35)24-26-41(38)49(39)40-20-11-10-19-37(40)47-36-18-9-8-15-32(36)23-28-44(47)49/h4-30H,1-3H3/b14-4-. The van der Waals surface area contributed by atoms with Crippen molar-refractivity contribution >= 4 is 16.3 Å². The average molecular weight is 641 g/mol. The van der Waals surface area contributed by atoms with Crippen molar-refractivity contribution in [2.45, 2.75) is 31.6 Å². The zero-order valence-corrected chi connectivity index (χ0v) is 28.5. The number of para-hydroxylation sites is 1. The van der Waals surface area contributed by atoms with Gasteiger partial charge in [-0.3, -0.25) is 0 Å². The molecular formula is C49H36O. The van der Waals surface area contributed by atoms with Gasteiger partial charge in [-0.2, -0.15) is 0 Å². The van der Waals surface area contributed by atoms with Crippen LogP contribution in [0.25, 0.3) is 38.6 Å². The molecule has 0 amide bonds. The van der Waals surface area contributed by atoms with Gasteiger partial charge >= 0.3 is 0 Å². The summed E-state index contributed by atoms with van der Waals surface area (Å²) in [5.41, 5.74) is 16.1. The fourth-order valence-corrected chi connectivity index (χ4v) is 9.49. The van der Waals surface area contributed by atoms with Crippen molar-refractivity contribution in [1.82, 2.24) is 0 Å². The molecule has 0 N–H and O–H groups in total. The molecular weight excluding hydrogens is 605 g/mol. The summed E-state index contributed by atoms with van der Waals surface area (Å²) in [6, 6.07) is 55.8. The van der Waals surface area contributed by atoms with Gasteiger partial charge in [-0.05, 0) is 111 Å². The Hall–Kier alpha value is -5.92. The third-order valence-corrected chi connectivity index (χ3v) is 11.8. The second kappa shape index (κ2) is 10.5. The molecule has 1 nitrogen and oxygen atoms in total. The largest absolute Gasteiger partial charge is 0.457 e. The summed E-state index contributed by atoms with van der Waals surface area (Å²) in [4.78, 5) is 0. The van der Waals surface area contributed by atoms with E-state index in [-0.39, 0.29) is 10.8 Å². The molecule has 0 aromatic heterocycles. The Labute approximate surface area is 293 Å². The fourth-order valence-electron chi connectivity index (χ4n) is 9.49. The predicted molar refractivity (Wildman–Crippen MR) is 207 cm³/mol. The van der Waals surface area contributed by atoms with E-state index in [9.17, 15) is 0 Å². The summed E-state index contributed by atoms with van der Waals surface area (Å²) in [5, 5.41) is 2.59. The highest BCUT2D eigenvalue weighted by Crippen LogP contribution is 2.63. The van der Waals surface area contributed by atoms with Crippen LogP contribution in [0.5, 0.6) is 11.5 Å². The number of fused-ring (bicyclic) bond motifs is 11. The zero-order valence-electron chi connectivity index (χ0n) is 28.5. The molecule has 7 aromatic rings. The van der Waals surface area contributed by atoms with E-state index in [4.69, 9.17) is 4.74 Å². The molecule has 1 spiro atoms. The van der Waals surface area contributed by atoms with E-state index in [2.05, 4.69) is 185 Å². The number of allylic oxidation sites excluding steroid dienone is 4. The number of hydrogen-bond acceptors (Lipinski definition) is 1. The van der Waals surface area contributed by atoms with E-state index in [1.54, 1.807) is 0 Å². The molecule has 2 aliphatic carbocycles. The molecule has 2 atom stereocenters. The summed E-state index contributed by atoms with van der Waals surface area (Å²) in [5.74, 6) is 1.83. The number of hydrogen-bond donors (Lipinski definition) is 0. The molecule has 0 radical (unpaired) electrons. The van der Waals surface area contributed by atoms with Crippen molar-refractivity contribution in [2.24, 2.45) is 0 Å². The Morgan fingerprint density at radius 2 is 1.18 bits per heavy atom. The molecule has 238 valence electrons. The summed E-state index contributed by atoms with van der Waals surface area (Å²) < 4.78 is 6.69. The molecule has 1 heteroatoms. The lowest BCUT2D eigenvalue weighted by Gasteiger charge is -2.38. The van der Waals surface area contributed by atoms with Crippen molar-refractivity contribution in [3.63, 3.8) is 0 Å². The Bertz CT molecular complexity index is 2600. The Balaban J connectivity index is 1.17. The topological polar surface area (TPSA) is 9.23 Å². The van der Waals surface area contributed by atoms with Crippen LogP contribution in [0.15, 0.2) is 169 Å². The van der Waals surface area contributed by atoms with E-state index in [0.29, 0.717) is 0 Å². The van der Waals surface area contributed by atoms with E-state index in [1.165, 1.54) is 77.6 Å². The van der Waals surface area contributed by atoms with Crippen LogP contribution in [-0.2, 0) is 10.8 Å². The Kier molecular flexibility index (Phi) is 6.12. The third kappa shape index (κ3) is 3.67. The van der Waals surface area contributed by atoms with Crippen molar-refractivity contribution in [3.8, 4) is 33.8 Å². The third-order valence-electron chi connectivity index (χ3n) is 11.8. The second-order valence-electron chi connectivity index (χ2n) is 14.1.